The lowest BCUT2D eigenvalue weighted by atomic mass is 9.88. The van der Waals surface area contributed by atoms with Crippen molar-refractivity contribution >= 4 is 11.7 Å². The van der Waals surface area contributed by atoms with Crippen LogP contribution < -0.4 is 10.2 Å². The van der Waals surface area contributed by atoms with Crippen LogP contribution in [0.15, 0.2) is 12.4 Å². The van der Waals surface area contributed by atoms with Gasteiger partial charge >= 0.3 is 0 Å². The highest BCUT2D eigenvalue weighted by Gasteiger charge is 2.42. The monoisotopic (exact) mass is 330 g/mol. The fourth-order valence-corrected chi connectivity index (χ4v) is 3.94. The van der Waals surface area contributed by atoms with Crippen LogP contribution in [-0.2, 0) is 9.53 Å². The zero-order valence-electron chi connectivity index (χ0n) is 14.3. The number of ether oxygens (including phenoxy) is 1. The molecule has 6 heteroatoms. The van der Waals surface area contributed by atoms with Crippen LogP contribution >= 0.6 is 0 Å². The molecule has 0 aromatic carbocycles. The summed E-state index contributed by atoms with van der Waals surface area (Å²) in [7, 11) is 0. The molecule has 0 radical (unpaired) electrons. The van der Waals surface area contributed by atoms with Gasteiger partial charge in [0.15, 0.2) is 0 Å². The van der Waals surface area contributed by atoms with Crippen molar-refractivity contribution in [3.05, 3.63) is 18.1 Å². The molecule has 1 aromatic heterocycles. The number of hydrogen-bond acceptors (Lipinski definition) is 5. The molecule has 6 nitrogen and oxygen atoms in total. The molecule has 1 aromatic rings. The molecule has 3 heterocycles. The number of piperidine rings is 1. The van der Waals surface area contributed by atoms with Crippen molar-refractivity contribution in [2.24, 2.45) is 0 Å². The number of anilines is 1. The molecule has 1 spiro atoms. The second-order valence-corrected chi connectivity index (χ2v) is 7.46. The second-order valence-electron chi connectivity index (χ2n) is 7.46. The third-order valence-electron chi connectivity index (χ3n) is 5.59. The molecule has 0 bridgehead atoms. The molecule has 0 unspecified atom stereocenters. The first-order valence-corrected chi connectivity index (χ1v) is 9.13. The minimum atomic E-state index is 0.00594. The van der Waals surface area contributed by atoms with Crippen molar-refractivity contribution in [3.8, 4) is 0 Å². The number of carbonyl (C=O) groups is 1. The van der Waals surface area contributed by atoms with Gasteiger partial charge in [-0.15, -0.1) is 0 Å². The summed E-state index contributed by atoms with van der Waals surface area (Å²) in [5.74, 6) is 1.75. The molecular weight excluding hydrogens is 304 g/mol. The van der Waals surface area contributed by atoms with Gasteiger partial charge in [-0.3, -0.25) is 4.79 Å². The second kappa shape index (κ2) is 6.31. The van der Waals surface area contributed by atoms with E-state index in [4.69, 9.17) is 4.74 Å². The minimum Gasteiger partial charge on any atom is -0.370 e. The standard InChI is InChI=1S/C18H26N4O2/c1-13(23)19-11-15-4-5-18(24-15)6-8-22(9-7-18)17-10-16(14-2-3-14)20-12-21-17/h10,12,14-15H,2-9,11H2,1H3,(H,19,23)/t15-/m0/s1. The Balaban J connectivity index is 1.33. The largest absolute Gasteiger partial charge is 0.370 e. The Bertz CT molecular complexity index is 609. The third-order valence-corrected chi connectivity index (χ3v) is 5.59. The first kappa shape index (κ1) is 15.8. The molecule has 2 saturated heterocycles. The van der Waals surface area contributed by atoms with E-state index < -0.39 is 0 Å². The van der Waals surface area contributed by atoms with Crippen molar-refractivity contribution < 1.29 is 9.53 Å². The lowest BCUT2D eigenvalue weighted by Crippen LogP contribution is -2.45. The molecule has 1 N–H and O–H groups in total. The Kier molecular flexibility index (Phi) is 4.16. The molecule has 2 aliphatic heterocycles. The molecular formula is C18H26N4O2. The van der Waals surface area contributed by atoms with Crippen LogP contribution in [0.25, 0.3) is 0 Å². The highest BCUT2D eigenvalue weighted by Crippen LogP contribution is 2.41. The van der Waals surface area contributed by atoms with Gasteiger partial charge in [-0.25, -0.2) is 9.97 Å². The zero-order chi connectivity index (χ0) is 16.6. The van der Waals surface area contributed by atoms with Gasteiger partial charge in [0.2, 0.25) is 5.91 Å². The van der Waals surface area contributed by atoms with Gasteiger partial charge < -0.3 is 15.0 Å². The highest BCUT2D eigenvalue weighted by molar-refractivity contribution is 5.72. The first-order valence-electron chi connectivity index (χ1n) is 9.13. The molecule has 24 heavy (non-hydrogen) atoms. The molecule has 1 aliphatic carbocycles. The normalized spacial score (nSPS) is 25.9. The summed E-state index contributed by atoms with van der Waals surface area (Å²) >= 11 is 0. The maximum Gasteiger partial charge on any atom is 0.216 e. The number of amides is 1. The Hall–Kier alpha value is -1.69. The summed E-state index contributed by atoms with van der Waals surface area (Å²) in [6.45, 7) is 4.15. The average Bonchev–Trinajstić information content (AvgIpc) is 3.37. The number of nitrogens with zero attached hydrogens (tertiary/aromatic N) is 3. The van der Waals surface area contributed by atoms with Gasteiger partial charge in [-0.1, -0.05) is 0 Å². The van der Waals surface area contributed by atoms with E-state index in [2.05, 4.69) is 26.3 Å². The Labute approximate surface area is 143 Å². The van der Waals surface area contributed by atoms with Crippen LogP contribution in [0.1, 0.15) is 57.1 Å². The van der Waals surface area contributed by atoms with E-state index >= 15 is 0 Å². The lowest BCUT2D eigenvalue weighted by molar-refractivity contribution is -0.120. The fourth-order valence-electron chi connectivity index (χ4n) is 3.94. The molecule has 3 fully saturated rings. The number of aromatic nitrogens is 2. The van der Waals surface area contributed by atoms with Crippen LogP contribution in [0.3, 0.4) is 0 Å². The minimum absolute atomic E-state index is 0.00594. The topological polar surface area (TPSA) is 67.4 Å². The van der Waals surface area contributed by atoms with Gasteiger partial charge in [-0.05, 0) is 38.5 Å². The van der Waals surface area contributed by atoms with Crippen molar-refractivity contribution in [2.45, 2.75) is 63.1 Å². The van der Waals surface area contributed by atoms with Gasteiger partial charge in [0.25, 0.3) is 0 Å². The first-order chi connectivity index (χ1) is 11.6. The van der Waals surface area contributed by atoms with E-state index in [-0.39, 0.29) is 17.6 Å². The average molecular weight is 330 g/mol. The van der Waals surface area contributed by atoms with Crippen LogP contribution in [0.2, 0.25) is 0 Å². The summed E-state index contributed by atoms with van der Waals surface area (Å²) < 4.78 is 6.32. The maximum atomic E-state index is 11.1. The number of rotatable bonds is 4. The van der Waals surface area contributed by atoms with Crippen LogP contribution in [0.5, 0.6) is 0 Å². The SMILES string of the molecule is CC(=O)NC[C@@H]1CCC2(CCN(c3cc(C4CC4)ncn3)CC2)O1. The Morgan fingerprint density at radius 1 is 1.29 bits per heavy atom. The van der Waals surface area contributed by atoms with E-state index in [1.165, 1.54) is 18.5 Å². The van der Waals surface area contributed by atoms with Crippen LogP contribution in [0, 0.1) is 0 Å². The molecule has 3 aliphatic rings. The van der Waals surface area contributed by atoms with Crippen molar-refractivity contribution in [1.82, 2.24) is 15.3 Å². The van der Waals surface area contributed by atoms with Crippen LogP contribution in [-0.4, -0.2) is 47.2 Å². The number of nitrogens with one attached hydrogen (secondary N) is 1. The fraction of sp³-hybridized carbons (Fsp3) is 0.722. The van der Waals surface area contributed by atoms with E-state index in [1.807, 2.05) is 0 Å². The van der Waals surface area contributed by atoms with E-state index in [1.54, 1.807) is 13.3 Å². The van der Waals surface area contributed by atoms with Gasteiger partial charge in [0.1, 0.15) is 12.1 Å². The van der Waals surface area contributed by atoms with Crippen molar-refractivity contribution in [3.63, 3.8) is 0 Å². The molecule has 130 valence electrons. The quantitative estimate of drug-likeness (QED) is 0.915. The maximum absolute atomic E-state index is 11.1. The molecule has 1 saturated carbocycles. The van der Waals surface area contributed by atoms with Gasteiger partial charge in [0.05, 0.1) is 11.7 Å². The predicted molar refractivity (Wildman–Crippen MR) is 91.0 cm³/mol. The zero-order valence-corrected chi connectivity index (χ0v) is 14.3. The summed E-state index contributed by atoms with van der Waals surface area (Å²) in [6.07, 6.45) is 8.62. The van der Waals surface area contributed by atoms with Crippen molar-refractivity contribution in [1.29, 1.82) is 0 Å². The lowest BCUT2D eigenvalue weighted by Gasteiger charge is -2.39. The van der Waals surface area contributed by atoms with E-state index in [9.17, 15) is 4.79 Å². The highest BCUT2D eigenvalue weighted by atomic mass is 16.5. The van der Waals surface area contributed by atoms with E-state index in [0.717, 1.165) is 44.6 Å². The molecule has 1 amide bonds. The third kappa shape index (κ3) is 3.38. The number of carbonyl (C=O) groups excluding carboxylic acids is 1. The molecule has 1 atom stereocenters. The van der Waals surface area contributed by atoms with E-state index in [0.29, 0.717) is 12.5 Å². The molecule has 4 rings (SSSR count). The van der Waals surface area contributed by atoms with Gasteiger partial charge in [-0.2, -0.15) is 0 Å². The Morgan fingerprint density at radius 3 is 2.79 bits per heavy atom. The van der Waals surface area contributed by atoms with Gasteiger partial charge in [0, 0.05) is 44.2 Å². The van der Waals surface area contributed by atoms with Crippen LogP contribution in [0.4, 0.5) is 5.82 Å². The summed E-state index contributed by atoms with van der Waals surface area (Å²) in [5.41, 5.74) is 1.21. The van der Waals surface area contributed by atoms with Crippen molar-refractivity contribution in [2.75, 3.05) is 24.5 Å². The Morgan fingerprint density at radius 2 is 2.08 bits per heavy atom. The summed E-state index contributed by atoms with van der Waals surface area (Å²) in [5, 5.41) is 2.88. The smallest absolute Gasteiger partial charge is 0.216 e. The number of hydrogen-bond donors (Lipinski definition) is 1. The summed E-state index contributed by atoms with van der Waals surface area (Å²) in [4.78, 5) is 22.3. The summed E-state index contributed by atoms with van der Waals surface area (Å²) in [6, 6.07) is 2.17. The predicted octanol–water partition coefficient (Wildman–Crippen LogP) is 2.01.